The number of nitrogens with zero attached hydrogens (tertiary/aromatic N) is 3. The Labute approximate surface area is 252 Å². The fourth-order valence-corrected chi connectivity index (χ4v) is 6.77. The highest BCUT2D eigenvalue weighted by Gasteiger charge is 2.56. The lowest BCUT2D eigenvalue weighted by atomic mass is 9.83. The van der Waals surface area contributed by atoms with Crippen molar-refractivity contribution in [3.8, 4) is 5.75 Å². The van der Waals surface area contributed by atoms with Gasteiger partial charge in [-0.1, -0.05) is 18.2 Å². The first kappa shape index (κ1) is 31.4. The smallest absolute Gasteiger partial charge is 0.416 e. The van der Waals surface area contributed by atoms with Gasteiger partial charge in [0.15, 0.2) is 0 Å². The van der Waals surface area contributed by atoms with Gasteiger partial charge >= 0.3 is 18.2 Å². The lowest BCUT2D eigenvalue weighted by molar-refractivity contribution is -0.145. The predicted molar refractivity (Wildman–Crippen MR) is 153 cm³/mol. The number of likely N-dealkylation sites (tertiary alicyclic amines) is 2. The molecule has 5 rings (SSSR count). The van der Waals surface area contributed by atoms with Crippen LogP contribution in [-0.4, -0.2) is 84.9 Å². The molecule has 3 fully saturated rings. The fourth-order valence-electron chi connectivity index (χ4n) is 6.77. The van der Waals surface area contributed by atoms with Crippen molar-refractivity contribution in [2.24, 2.45) is 11.7 Å². The summed E-state index contributed by atoms with van der Waals surface area (Å²) in [5.74, 6) is -2.76. The highest BCUT2D eigenvalue weighted by Crippen LogP contribution is 2.44. The second-order valence-corrected chi connectivity index (χ2v) is 11.8. The van der Waals surface area contributed by atoms with E-state index in [1.165, 1.54) is 18.1 Å². The van der Waals surface area contributed by atoms with Gasteiger partial charge < -0.3 is 30.3 Å². The molecule has 0 aliphatic carbocycles. The summed E-state index contributed by atoms with van der Waals surface area (Å²) in [6, 6.07) is 9.46. The maximum atomic E-state index is 16.8. The normalized spacial score (nSPS) is 23.6. The Morgan fingerprint density at radius 3 is 2.14 bits per heavy atom. The minimum Gasteiger partial charge on any atom is -0.497 e. The number of hydrogen-bond donors (Lipinski definition) is 2. The number of methoxy groups -OCH3 is 1. The van der Waals surface area contributed by atoms with E-state index in [0.29, 0.717) is 61.3 Å². The van der Waals surface area contributed by atoms with E-state index in [1.54, 1.807) is 24.3 Å². The van der Waals surface area contributed by atoms with Crippen molar-refractivity contribution in [2.75, 3.05) is 51.3 Å². The Hall–Kier alpha value is -4.03. The summed E-state index contributed by atoms with van der Waals surface area (Å²) in [6.45, 7) is 0.457. The van der Waals surface area contributed by atoms with Crippen molar-refractivity contribution in [2.45, 2.75) is 49.4 Å². The van der Waals surface area contributed by atoms with Crippen LogP contribution in [0.1, 0.15) is 54.2 Å². The molecule has 3 saturated heterocycles. The summed E-state index contributed by atoms with van der Waals surface area (Å²) in [5, 5.41) is 9.36. The first-order valence-electron chi connectivity index (χ1n) is 14.7. The van der Waals surface area contributed by atoms with Crippen LogP contribution >= 0.6 is 0 Å². The number of rotatable bonds is 6. The minimum atomic E-state index is -4.54. The molecule has 2 aromatic rings. The fraction of sp³-hybridized carbons (Fsp3) is 0.516. The predicted octanol–water partition coefficient (Wildman–Crippen LogP) is 4.61. The summed E-state index contributed by atoms with van der Waals surface area (Å²) < 4.78 is 62.9. The van der Waals surface area contributed by atoms with E-state index in [0.717, 1.165) is 17.0 Å². The van der Waals surface area contributed by atoms with Gasteiger partial charge in [0.1, 0.15) is 5.75 Å². The number of alkyl halides is 4. The maximum absolute atomic E-state index is 16.8. The molecule has 3 amide bonds. The molecule has 2 aromatic carbocycles. The first-order valence-corrected chi connectivity index (χ1v) is 14.7. The highest BCUT2D eigenvalue weighted by molar-refractivity contribution is 5.89. The number of halogens is 4. The average molecular weight is 621 g/mol. The van der Waals surface area contributed by atoms with E-state index in [4.69, 9.17) is 10.5 Å². The van der Waals surface area contributed by atoms with E-state index in [9.17, 15) is 32.7 Å². The number of ether oxygens (including phenoxy) is 1. The highest BCUT2D eigenvalue weighted by atomic mass is 19.4. The molecule has 0 aromatic heterocycles. The zero-order valence-corrected chi connectivity index (χ0v) is 24.4. The molecule has 0 saturated carbocycles. The van der Waals surface area contributed by atoms with Gasteiger partial charge in [-0.15, -0.1) is 0 Å². The monoisotopic (exact) mass is 620 g/mol. The van der Waals surface area contributed by atoms with Crippen LogP contribution in [0.25, 0.3) is 0 Å². The van der Waals surface area contributed by atoms with Crippen LogP contribution in [0.4, 0.5) is 28.0 Å². The second kappa shape index (κ2) is 12.2. The van der Waals surface area contributed by atoms with Gasteiger partial charge in [-0.25, -0.2) is 9.18 Å². The van der Waals surface area contributed by atoms with Crippen LogP contribution < -0.4 is 15.4 Å². The Balaban J connectivity index is 1.34. The maximum Gasteiger partial charge on any atom is 0.416 e. The van der Waals surface area contributed by atoms with Crippen molar-refractivity contribution in [3.63, 3.8) is 0 Å². The van der Waals surface area contributed by atoms with Crippen LogP contribution in [0.3, 0.4) is 0 Å². The van der Waals surface area contributed by atoms with E-state index in [1.807, 2.05) is 4.90 Å². The van der Waals surface area contributed by atoms with Gasteiger partial charge in [-0.3, -0.25) is 9.59 Å². The molecular weight excluding hydrogens is 584 g/mol. The van der Waals surface area contributed by atoms with E-state index in [-0.39, 0.29) is 25.6 Å². The molecule has 0 radical (unpaired) electrons. The summed E-state index contributed by atoms with van der Waals surface area (Å²) >= 11 is 0. The molecule has 0 spiro atoms. The summed E-state index contributed by atoms with van der Waals surface area (Å²) in [6.07, 6.45) is -3.09. The number of carboxylic acid groups (broad SMARTS) is 1. The third-order valence-corrected chi connectivity index (χ3v) is 9.33. The molecule has 44 heavy (non-hydrogen) atoms. The molecule has 3 aliphatic heterocycles. The van der Waals surface area contributed by atoms with Gasteiger partial charge in [-0.2, -0.15) is 13.2 Å². The zero-order chi connectivity index (χ0) is 31.8. The van der Waals surface area contributed by atoms with Gasteiger partial charge in [0.05, 0.1) is 25.1 Å². The number of carbonyl (C=O) groups excluding carboxylic acids is 2. The quantitative estimate of drug-likeness (QED) is 0.456. The Morgan fingerprint density at radius 2 is 1.59 bits per heavy atom. The van der Waals surface area contributed by atoms with E-state index in [2.05, 4.69) is 0 Å². The third kappa shape index (κ3) is 6.14. The number of primary amides is 1. The number of amides is 3. The van der Waals surface area contributed by atoms with E-state index >= 15 is 4.39 Å². The number of anilines is 1. The molecule has 2 atom stereocenters. The second-order valence-electron chi connectivity index (χ2n) is 11.8. The molecule has 3 aliphatic rings. The van der Waals surface area contributed by atoms with Crippen LogP contribution in [0, 0.1) is 5.92 Å². The average Bonchev–Trinajstić information content (AvgIpc) is 3.39. The number of hydrogen-bond acceptors (Lipinski definition) is 5. The summed E-state index contributed by atoms with van der Waals surface area (Å²) in [7, 11) is 1.50. The number of nitrogens with two attached hydrogens (primary N) is 1. The number of carboxylic acids is 1. The molecular formula is C31H36F4N4O5. The number of aliphatic carboxylic acids is 1. The molecule has 3 N–H and O–H groups in total. The van der Waals surface area contributed by atoms with E-state index < -0.39 is 53.7 Å². The van der Waals surface area contributed by atoms with Crippen molar-refractivity contribution in [1.29, 1.82) is 0 Å². The van der Waals surface area contributed by atoms with Crippen molar-refractivity contribution < 1.29 is 41.8 Å². The molecule has 13 heteroatoms. The molecule has 3 heterocycles. The van der Waals surface area contributed by atoms with Crippen LogP contribution in [0.5, 0.6) is 5.75 Å². The van der Waals surface area contributed by atoms with Crippen LogP contribution in [0.15, 0.2) is 42.5 Å². The van der Waals surface area contributed by atoms with Crippen molar-refractivity contribution in [1.82, 2.24) is 9.80 Å². The standard InChI is InChI=1S/C31H36F4N4O5/c1-44-23-5-2-20(3-6-23)25-17-39(29(36)43)18-30(25,32)28(42)38-14-8-19(9-15-38)24-7-4-22(31(33,34)35)16-26(24)37-12-10-21(11-13-37)27(40)41/h2-7,16,19,21,25H,8-15,17-18H2,1H3,(H2,36,43)(H,40,41)/t25-,30-/m0/s1. The SMILES string of the molecule is COc1ccc([C@@H]2CN(C(N)=O)C[C@@]2(F)C(=O)N2CCC(c3ccc(C(F)(F)F)cc3N3CCC(C(=O)O)CC3)CC2)cc1. The van der Waals surface area contributed by atoms with Crippen molar-refractivity contribution in [3.05, 3.63) is 59.2 Å². The Morgan fingerprint density at radius 1 is 0.955 bits per heavy atom. The Bertz CT molecular complexity index is 1390. The van der Waals surface area contributed by atoms with Gasteiger partial charge in [0.2, 0.25) is 5.67 Å². The molecule has 238 valence electrons. The number of carbonyl (C=O) groups is 3. The van der Waals surface area contributed by atoms with Crippen LogP contribution in [-0.2, 0) is 15.8 Å². The largest absolute Gasteiger partial charge is 0.497 e. The minimum absolute atomic E-state index is 0.0617. The molecule has 9 nitrogen and oxygen atoms in total. The first-order chi connectivity index (χ1) is 20.8. The Kier molecular flexibility index (Phi) is 8.68. The van der Waals surface area contributed by atoms with Gasteiger partial charge in [0, 0.05) is 44.3 Å². The lowest BCUT2D eigenvalue weighted by Gasteiger charge is -2.39. The number of urea groups is 1. The molecule has 0 unspecified atom stereocenters. The third-order valence-electron chi connectivity index (χ3n) is 9.33. The van der Waals surface area contributed by atoms with Gasteiger partial charge in [0.25, 0.3) is 5.91 Å². The number of piperidine rings is 2. The summed E-state index contributed by atoms with van der Waals surface area (Å²) in [4.78, 5) is 41.6. The van der Waals surface area contributed by atoms with Gasteiger partial charge in [-0.05, 0) is 67.0 Å². The topological polar surface area (TPSA) is 116 Å². The van der Waals surface area contributed by atoms with Crippen molar-refractivity contribution >= 4 is 23.6 Å². The summed E-state index contributed by atoms with van der Waals surface area (Å²) in [5.41, 5.74) is 3.93. The zero-order valence-electron chi connectivity index (χ0n) is 24.4. The number of benzene rings is 2. The van der Waals surface area contributed by atoms with Crippen LogP contribution in [0.2, 0.25) is 0 Å². The lowest BCUT2D eigenvalue weighted by Crippen LogP contribution is -2.52. The molecule has 0 bridgehead atoms.